The summed E-state index contributed by atoms with van der Waals surface area (Å²) >= 11 is 0. The van der Waals surface area contributed by atoms with E-state index in [-0.39, 0.29) is 0 Å². The van der Waals surface area contributed by atoms with Crippen LogP contribution in [0.25, 0.3) is 0 Å². The van der Waals surface area contributed by atoms with E-state index in [2.05, 4.69) is 20.8 Å². The lowest BCUT2D eigenvalue weighted by Crippen LogP contribution is -2.35. The molecular formula is C18H36B2. The molecular weight excluding hydrogens is 238 g/mol. The Hall–Kier alpha value is 0.130. The van der Waals surface area contributed by atoms with E-state index < -0.39 is 0 Å². The molecule has 2 unspecified atom stereocenters. The van der Waals surface area contributed by atoms with Crippen molar-refractivity contribution in [2.24, 2.45) is 17.8 Å². The first-order chi connectivity index (χ1) is 9.75. The SMILES string of the molecule is CCCB(CCC)CC1CC2CB(CCC)CC(C1)C2. The first-order valence-electron chi connectivity index (χ1n) is 9.75. The van der Waals surface area contributed by atoms with E-state index in [0.29, 0.717) is 0 Å². The average Bonchev–Trinajstić information content (AvgIpc) is 2.38. The van der Waals surface area contributed by atoms with E-state index >= 15 is 0 Å². The Labute approximate surface area is 129 Å². The molecule has 114 valence electrons. The highest BCUT2D eigenvalue weighted by molar-refractivity contribution is 6.59. The molecule has 0 radical (unpaired) electrons. The largest absolute Gasteiger partial charge is 0.140 e. The molecule has 1 saturated heterocycles. The zero-order chi connectivity index (χ0) is 14.4. The normalized spacial score (nSPS) is 29.6. The van der Waals surface area contributed by atoms with Crippen LogP contribution in [0.3, 0.4) is 0 Å². The summed E-state index contributed by atoms with van der Waals surface area (Å²) in [4.78, 5) is 0. The van der Waals surface area contributed by atoms with Crippen LogP contribution in [0.5, 0.6) is 0 Å². The Morgan fingerprint density at radius 3 is 1.95 bits per heavy atom. The monoisotopic (exact) mass is 274 g/mol. The fourth-order valence-electron chi connectivity index (χ4n) is 5.63. The van der Waals surface area contributed by atoms with E-state index in [9.17, 15) is 0 Å². The van der Waals surface area contributed by atoms with E-state index in [0.717, 1.165) is 31.2 Å². The van der Waals surface area contributed by atoms with Crippen LogP contribution in [0.2, 0.25) is 37.9 Å². The molecule has 2 heteroatoms. The van der Waals surface area contributed by atoms with Gasteiger partial charge in [0.25, 0.3) is 0 Å². The highest BCUT2D eigenvalue weighted by Gasteiger charge is 2.37. The van der Waals surface area contributed by atoms with Crippen LogP contribution in [0, 0.1) is 17.8 Å². The Morgan fingerprint density at radius 2 is 1.45 bits per heavy atom. The summed E-state index contributed by atoms with van der Waals surface area (Å²) in [5.41, 5.74) is 0. The van der Waals surface area contributed by atoms with E-state index in [4.69, 9.17) is 0 Å². The van der Waals surface area contributed by atoms with Crippen molar-refractivity contribution in [3.05, 3.63) is 0 Å². The van der Waals surface area contributed by atoms with Crippen LogP contribution in [0.4, 0.5) is 0 Å². The molecule has 0 N–H and O–H groups in total. The lowest BCUT2D eigenvalue weighted by Gasteiger charge is -2.42. The van der Waals surface area contributed by atoms with Gasteiger partial charge in [-0.25, -0.2) is 0 Å². The first kappa shape index (κ1) is 16.5. The Balaban J connectivity index is 1.81. The zero-order valence-corrected chi connectivity index (χ0v) is 14.4. The quantitative estimate of drug-likeness (QED) is 0.459. The van der Waals surface area contributed by atoms with Crippen LogP contribution >= 0.6 is 0 Å². The Kier molecular flexibility index (Phi) is 7.05. The van der Waals surface area contributed by atoms with Gasteiger partial charge in [0.2, 0.25) is 0 Å². The fraction of sp³-hybridized carbons (Fsp3) is 1.00. The van der Waals surface area contributed by atoms with Crippen molar-refractivity contribution in [2.75, 3.05) is 0 Å². The number of rotatable bonds is 8. The van der Waals surface area contributed by atoms with Crippen molar-refractivity contribution >= 4 is 13.4 Å². The van der Waals surface area contributed by atoms with E-state index in [1.807, 2.05) is 0 Å². The summed E-state index contributed by atoms with van der Waals surface area (Å²) < 4.78 is 0. The van der Waals surface area contributed by atoms with Gasteiger partial charge in [-0.15, -0.1) is 0 Å². The molecule has 0 aromatic heterocycles. The minimum atomic E-state index is 1.04. The maximum absolute atomic E-state index is 2.37. The second kappa shape index (κ2) is 8.54. The second-order valence-electron chi connectivity index (χ2n) is 8.11. The highest BCUT2D eigenvalue weighted by Crippen LogP contribution is 2.46. The molecule has 1 heterocycles. The minimum Gasteiger partial charge on any atom is -0.0744 e. The summed E-state index contributed by atoms with van der Waals surface area (Å²) in [5, 5.41) is 0. The number of fused-ring (bicyclic) bond motifs is 2. The van der Waals surface area contributed by atoms with Crippen molar-refractivity contribution in [1.29, 1.82) is 0 Å². The third-order valence-electron chi connectivity index (χ3n) is 6.09. The predicted molar refractivity (Wildman–Crippen MR) is 95.5 cm³/mol. The lowest BCUT2D eigenvalue weighted by atomic mass is 9.32. The van der Waals surface area contributed by atoms with Gasteiger partial charge < -0.3 is 0 Å². The van der Waals surface area contributed by atoms with Gasteiger partial charge in [-0.1, -0.05) is 78.0 Å². The van der Waals surface area contributed by atoms with E-state index in [1.165, 1.54) is 38.2 Å². The van der Waals surface area contributed by atoms with Crippen molar-refractivity contribution in [2.45, 2.75) is 97.2 Å². The van der Waals surface area contributed by atoms with Crippen LogP contribution in [0.15, 0.2) is 0 Å². The Morgan fingerprint density at radius 1 is 0.850 bits per heavy atom. The maximum Gasteiger partial charge on any atom is 0.140 e. The highest BCUT2D eigenvalue weighted by atomic mass is 14.3. The first-order valence-corrected chi connectivity index (χ1v) is 9.75. The van der Waals surface area contributed by atoms with Gasteiger partial charge in [0, 0.05) is 0 Å². The summed E-state index contributed by atoms with van der Waals surface area (Å²) in [6.45, 7) is 9.24. The number of hydrogen-bond donors (Lipinski definition) is 0. The third-order valence-corrected chi connectivity index (χ3v) is 6.09. The summed E-state index contributed by atoms with van der Waals surface area (Å²) in [5.74, 6) is 3.30. The van der Waals surface area contributed by atoms with Crippen molar-refractivity contribution < 1.29 is 0 Å². The Bertz CT molecular complexity index is 246. The van der Waals surface area contributed by atoms with Gasteiger partial charge in [0.15, 0.2) is 0 Å². The molecule has 1 saturated carbocycles. The van der Waals surface area contributed by atoms with E-state index in [1.54, 1.807) is 38.2 Å². The standard InChI is InChI=1S/C18H36B2/c1-4-7-19(8-5-2)13-16-10-17-12-18(11-16)15-20(14-17)9-6-3/h16-18H,4-15H2,1-3H3. The summed E-state index contributed by atoms with van der Waals surface area (Å²) in [7, 11) is 0. The van der Waals surface area contributed by atoms with Gasteiger partial charge >= 0.3 is 0 Å². The maximum atomic E-state index is 2.37. The number of hydrogen-bond acceptors (Lipinski definition) is 0. The molecule has 1 aliphatic carbocycles. The molecule has 0 amide bonds. The third kappa shape index (κ3) is 4.85. The molecule has 20 heavy (non-hydrogen) atoms. The van der Waals surface area contributed by atoms with Crippen molar-refractivity contribution in [3.63, 3.8) is 0 Å². The molecule has 2 rings (SSSR count). The van der Waals surface area contributed by atoms with Crippen LogP contribution in [-0.4, -0.2) is 13.4 Å². The van der Waals surface area contributed by atoms with Gasteiger partial charge in [-0.05, 0) is 37.0 Å². The molecule has 1 aliphatic heterocycles. The van der Waals surface area contributed by atoms with Crippen molar-refractivity contribution in [3.8, 4) is 0 Å². The lowest BCUT2D eigenvalue weighted by molar-refractivity contribution is 0.217. The average molecular weight is 274 g/mol. The van der Waals surface area contributed by atoms with Gasteiger partial charge in [0.1, 0.15) is 13.4 Å². The summed E-state index contributed by atoms with van der Waals surface area (Å²) in [6, 6.07) is 0. The minimum absolute atomic E-state index is 1.04. The smallest absolute Gasteiger partial charge is 0.0744 e. The molecule has 2 fully saturated rings. The van der Waals surface area contributed by atoms with Crippen LogP contribution in [-0.2, 0) is 0 Å². The van der Waals surface area contributed by atoms with Gasteiger partial charge in [0.05, 0.1) is 0 Å². The molecule has 2 bridgehead atoms. The van der Waals surface area contributed by atoms with Gasteiger partial charge in [-0.3, -0.25) is 0 Å². The molecule has 0 aromatic rings. The molecule has 2 atom stereocenters. The second-order valence-corrected chi connectivity index (χ2v) is 8.11. The van der Waals surface area contributed by atoms with Crippen LogP contribution in [0.1, 0.15) is 59.3 Å². The van der Waals surface area contributed by atoms with Crippen LogP contribution < -0.4 is 0 Å². The molecule has 0 nitrogen and oxygen atoms in total. The summed E-state index contributed by atoms with van der Waals surface area (Å²) in [6.07, 6.45) is 18.1. The predicted octanol–water partition coefficient (Wildman–Crippen LogP) is 6.25. The molecule has 2 aliphatic rings. The molecule has 0 aromatic carbocycles. The van der Waals surface area contributed by atoms with Crippen molar-refractivity contribution in [1.82, 2.24) is 0 Å². The molecule has 0 spiro atoms. The zero-order valence-electron chi connectivity index (χ0n) is 14.4. The van der Waals surface area contributed by atoms with Gasteiger partial charge in [-0.2, -0.15) is 0 Å². The topological polar surface area (TPSA) is 0 Å². The fourth-order valence-corrected chi connectivity index (χ4v) is 5.63.